The van der Waals surface area contributed by atoms with E-state index in [1.165, 1.54) is 12.1 Å². The van der Waals surface area contributed by atoms with Crippen LogP contribution in [0.4, 0.5) is 0 Å². The second-order valence-electron chi connectivity index (χ2n) is 4.30. The van der Waals surface area contributed by atoms with Gasteiger partial charge in [0.05, 0.1) is 12.7 Å². The van der Waals surface area contributed by atoms with Crippen LogP contribution in [0.3, 0.4) is 0 Å². The molecule has 2 aromatic rings. The van der Waals surface area contributed by atoms with Gasteiger partial charge in [0.2, 0.25) is 0 Å². The van der Waals surface area contributed by atoms with E-state index in [-0.39, 0.29) is 11.5 Å². The predicted octanol–water partition coefficient (Wildman–Crippen LogP) is 2.99. The summed E-state index contributed by atoms with van der Waals surface area (Å²) in [6.07, 6.45) is 2.06. The number of aliphatic hydroxyl groups excluding tert-OH is 1. The summed E-state index contributed by atoms with van der Waals surface area (Å²) >= 11 is 0. The molecule has 0 heterocycles. The van der Waals surface area contributed by atoms with E-state index < -0.39 is 0 Å². The lowest BCUT2D eigenvalue weighted by molar-refractivity contribution is 0.251. The number of aliphatic hydroxyl groups is 1. The summed E-state index contributed by atoms with van der Waals surface area (Å²) < 4.78 is 10.6. The SMILES string of the molecule is CO[C]1C=C(O)c2c(O)cc(OC)c3cccc1c23. The van der Waals surface area contributed by atoms with E-state index >= 15 is 0 Å². The molecule has 97 valence electrons. The van der Waals surface area contributed by atoms with Gasteiger partial charge in [-0.2, -0.15) is 0 Å². The van der Waals surface area contributed by atoms with Crippen LogP contribution in [-0.2, 0) is 4.74 Å². The number of hydrogen-bond donors (Lipinski definition) is 2. The van der Waals surface area contributed by atoms with Gasteiger partial charge in [0.1, 0.15) is 17.3 Å². The molecule has 19 heavy (non-hydrogen) atoms. The molecule has 0 unspecified atom stereocenters. The van der Waals surface area contributed by atoms with E-state index in [2.05, 4.69) is 0 Å². The van der Waals surface area contributed by atoms with Gasteiger partial charge in [-0.3, -0.25) is 0 Å². The topological polar surface area (TPSA) is 58.9 Å². The lowest BCUT2D eigenvalue weighted by atomic mass is 9.89. The van der Waals surface area contributed by atoms with Gasteiger partial charge < -0.3 is 19.7 Å². The minimum Gasteiger partial charge on any atom is -0.507 e. The molecular weight excluding hydrogens is 244 g/mol. The Labute approximate surface area is 110 Å². The van der Waals surface area contributed by atoms with Gasteiger partial charge in [0.25, 0.3) is 0 Å². The fraction of sp³-hybridized carbons (Fsp3) is 0.133. The summed E-state index contributed by atoms with van der Waals surface area (Å²) in [4.78, 5) is 0. The van der Waals surface area contributed by atoms with E-state index in [1.807, 2.05) is 18.2 Å². The van der Waals surface area contributed by atoms with Crippen molar-refractivity contribution in [1.29, 1.82) is 0 Å². The van der Waals surface area contributed by atoms with Crippen molar-refractivity contribution in [3.8, 4) is 11.5 Å². The van der Waals surface area contributed by atoms with Crippen molar-refractivity contribution in [2.45, 2.75) is 0 Å². The molecule has 0 bridgehead atoms. The van der Waals surface area contributed by atoms with E-state index in [4.69, 9.17) is 9.47 Å². The molecule has 1 radical (unpaired) electrons. The summed E-state index contributed by atoms with van der Waals surface area (Å²) in [5.41, 5.74) is 1.23. The quantitative estimate of drug-likeness (QED) is 0.868. The number of aromatic hydroxyl groups is 1. The third-order valence-corrected chi connectivity index (χ3v) is 3.33. The highest BCUT2D eigenvalue weighted by molar-refractivity contribution is 6.04. The van der Waals surface area contributed by atoms with Crippen LogP contribution in [0.15, 0.2) is 30.3 Å². The van der Waals surface area contributed by atoms with Crippen molar-refractivity contribution in [1.82, 2.24) is 0 Å². The van der Waals surface area contributed by atoms with E-state index in [9.17, 15) is 10.2 Å². The van der Waals surface area contributed by atoms with Gasteiger partial charge in [-0.1, -0.05) is 18.2 Å². The molecule has 0 atom stereocenters. The maximum atomic E-state index is 10.1. The maximum Gasteiger partial charge on any atom is 0.152 e. The highest BCUT2D eigenvalue weighted by Gasteiger charge is 2.26. The molecule has 1 aliphatic rings. The molecular formula is C15H13O4. The summed E-state index contributed by atoms with van der Waals surface area (Å²) in [6, 6.07) is 7.15. The first-order chi connectivity index (χ1) is 9.17. The Bertz CT molecular complexity index is 688. The van der Waals surface area contributed by atoms with E-state index in [0.29, 0.717) is 17.4 Å². The molecule has 0 aliphatic heterocycles. The van der Waals surface area contributed by atoms with Crippen molar-refractivity contribution in [3.05, 3.63) is 47.6 Å². The zero-order valence-electron chi connectivity index (χ0n) is 10.6. The van der Waals surface area contributed by atoms with Crippen molar-refractivity contribution in [2.24, 2.45) is 0 Å². The summed E-state index contributed by atoms with van der Waals surface area (Å²) in [5, 5.41) is 21.7. The number of methoxy groups -OCH3 is 2. The molecule has 0 saturated carbocycles. The smallest absolute Gasteiger partial charge is 0.152 e. The van der Waals surface area contributed by atoms with Crippen molar-refractivity contribution in [2.75, 3.05) is 14.2 Å². The third-order valence-electron chi connectivity index (χ3n) is 3.33. The molecule has 2 N–H and O–H groups in total. The second-order valence-corrected chi connectivity index (χ2v) is 4.30. The lowest BCUT2D eigenvalue weighted by Crippen LogP contribution is -2.08. The Morgan fingerprint density at radius 2 is 1.84 bits per heavy atom. The third kappa shape index (κ3) is 1.57. The zero-order valence-corrected chi connectivity index (χ0v) is 10.6. The Kier molecular flexibility index (Phi) is 2.61. The highest BCUT2D eigenvalue weighted by atomic mass is 16.5. The summed E-state index contributed by atoms with van der Waals surface area (Å²) in [6.45, 7) is 0. The standard InChI is InChI=1S/C15H13O4/c1-18-12-6-10(16)15-11(17)7-13(19-2)9-5-3-4-8(12)14(9)15/h3-7,16-17H,1-2H3. The minimum atomic E-state index is -0.0132. The van der Waals surface area contributed by atoms with Crippen LogP contribution in [0.5, 0.6) is 11.5 Å². The zero-order chi connectivity index (χ0) is 13.6. The van der Waals surface area contributed by atoms with Crippen molar-refractivity contribution < 1.29 is 19.7 Å². The Hall–Kier alpha value is -2.20. The number of phenolic OH excluding ortho intramolecular Hbond substituents is 1. The minimum absolute atomic E-state index is 0.0132. The van der Waals surface area contributed by atoms with Crippen LogP contribution in [0.1, 0.15) is 11.1 Å². The normalized spacial score (nSPS) is 14.5. The highest BCUT2D eigenvalue weighted by Crippen LogP contribution is 2.45. The van der Waals surface area contributed by atoms with Crippen LogP contribution in [0.2, 0.25) is 0 Å². The average molecular weight is 257 g/mol. The van der Waals surface area contributed by atoms with Crippen LogP contribution >= 0.6 is 0 Å². The summed E-state index contributed by atoms with van der Waals surface area (Å²) in [5.74, 6) is 0.532. The number of ether oxygens (including phenoxy) is 2. The number of rotatable bonds is 2. The average Bonchev–Trinajstić information content (AvgIpc) is 2.43. The molecule has 0 amide bonds. The van der Waals surface area contributed by atoms with Gasteiger partial charge in [-0.25, -0.2) is 0 Å². The molecule has 0 fully saturated rings. The molecule has 4 nitrogen and oxygen atoms in total. The molecule has 4 heteroatoms. The predicted molar refractivity (Wildman–Crippen MR) is 72.1 cm³/mol. The molecule has 0 aromatic heterocycles. The van der Waals surface area contributed by atoms with E-state index in [0.717, 1.165) is 16.3 Å². The molecule has 2 aromatic carbocycles. The fourth-order valence-corrected chi connectivity index (χ4v) is 2.51. The van der Waals surface area contributed by atoms with Gasteiger partial charge in [-0.05, 0) is 6.08 Å². The second kappa shape index (κ2) is 4.17. The summed E-state index contributed by atoms with van der Waals surface area (Å²) in [7, 11) is 3.09. The Morgan fingerprint density at radius 1 is 1.05 bits per heavy atom. The van der Waals surface area contributed by atoms with Gasteiger partial charge in [0.15, 0.2) is 6.10 Å². The fourth-order valence-electron chi connectivity index (χ4n) is 2.51. The first-order valence-electron chi connectivity index (χ1n) is 5.82. The first-order valence-corrected chi connectivity index (χ1v) is 5.82. The van der Waals surface area contributed by atoms with Crippen LogP contribution < -0.4 is 4.74 Å². The number of benzene rings is 2. The lowest BCUT2D eigenvalue weighted by Gasteiger charge is -2.22. The molecule has 3 rings (SSSR count). The largest absolute Gasteiger partial charge is 0.507 e. The van der Waals surface area contributed by atoms with Gasteiger partial charge >= 0.3 is 0 Å². The number of phenols is 1. The van der Waals surface area contributed by atoms with Gasteiger partial charge in [0, 0.05) is 29.5 Å². The first kappa shape index (κ1) is 11.9. The van der Waals surface area contributed by atoms with Gasteiger partial charge in [-0.15, -0.1) is 0 Å². The molecule has 0 spiro atoms. The maximum absolute atomic E-state index is 10.1. The van der Waals surface area contributed by atoms with Crippen LogP contribution in [-0.4, -0.2) is 24.4 Å². The number of hydrogen-bond acceptors (Lipinski definition) is 4. The molecule has 0 saturated heterocycles. The van der Waals surface area contributed by atoms with Crippen LogP contribution in [0, 0.1) is 6.10 Å². The monoisotopic (exact) mass is 257 g/mol. The van der Waals surface area contributed by atoms with Crippen molar-refractivity contribution >= 4 is 16.5 Å². The Balaban J connectivity index is 2.48. The van der Waals surface area contributed by atoms with Crippen LogP contribution in [0.25, 0.3) is 16.5 Å². The van der Waals surface area contributed by atoms with E-state index in [1.54, 1.807) is 14.2 Å². The Morgan fingerprint density at radius 3 is 2.53 bits per heavy atom. The van der Waals surface area contributed by atoms with Crippen molar-refractivity contribution in [3.63, 3.8) is 0 Å². The molecule has 1 aliphatic carbocycles.